The van der Waals surface area contributed by atoms with Crippen molar-refractivity contribution in [3.8, 4) is 0 Å². The fraction of sp³-hybridized carbons (Fsp3) is 0.684. The summed E-state index contributed by atoms with van der Waals surface area (Å²) in [4.78, 5) is 2.50. The van der Waals surface area contributed by atoms with Gasteiger partial charge in [-0.3, -0.25) is 0 Å². The highest BCUT2D eigenvalue weighted by molar-refractivity contribution is 5.48. The second-order valence-corrected chi connectivity index (χ2v) is 7.24. The number of anilines is 1. The second-order valence-electron chi connectivity index (χ2n) is 7.24. The molecule has 2 nitrogen and oxygen atoms in total. The molecule has 1 aliphatic heterocycles. The molecule has 116 valence electrons. The molecule has 3 rings (SSSR count). The second kappa shape index (κ2) is 6.83. The van der Waals surface area contributed by atoms with Gasteiger partial charge in [0.15, 0.2) is 0 Å². The molecule has 21 heavy (non-hydrogen) atoms. The maximum atomic E-state index is 3.78. The summed E-state index contributed by atoms with van der Waals surface area (Å²) in [5.41, 5.74) is 2.82. The molecule has 3 unspecified atom stereocenters. The first-order valence-electron chi connectivity index (χ1n) is 8.79. The van der Waals surface area contributed by atoms with Crippen molar-refractivity contribution in [1.82, 2.24) is 5.32 Å². The monoisotopic (exact) mass is 286 g/mol. The van der Waals surface area contributed by atoms with Gasteiger partial charge in [0.25, 0.3) is 0 Å². The van der Waals surface area contributed by atoms with Gasteiger partial charge in [0.1, 0.15) is 0 Å². The lowest BCUT2D eigenvalue weighted by atomic mass is 9.80. The highest BCUT2D eigenvalue weighted by Crippen LogP contribution is 2.29. The summed E-state index contributed by atoms with van der Waals surface area (Å²) >= 11 is 0. The van der Waals surface area contributed by atoms with Crippen molar-refractivity contribution < 1.29 is 0 Å². The van der Waals surface area contributed by atoms with E-state index in [1.807, 2.05) is 0 Å². The minimum absolute atomic E-state index is 0.708. The van der Waals surface area contributed by atoms with Crippen LogP contribution in [0.3, 0.4) is 0 Å². The van der Waals surface area contributed by atoms with Gasteiger partial charge in [0.05, 0.1) is 0 Å². The van der Waals surface area contributed by atoms with Crippen molar-refractivity contribution >= 4 is 5.69 Å². The van der Waals surface area contributed by atoms with Crippen LogP contribution in [0.15, 0.2) is 24.3 Å². The minimum Gasteiger partial charge on any atom is -0.372 e. The molecule has 0 aromatic heterocycles. The zero-order chi connectivity index (χ0) is 14.7. The van der Waals surface area contributed by atoms with E-state index in [4.69, 9.17) is 0 Å². The van der Waals surface area contributed by atoms with Crippen molar-refractivity contribution in [2.45, 2.75) is 58.5 Å². The molecule has 0 bridgehead atoms. The Morgan fingerprint density at radius 3 is 2.43 bits per heavy atom. The van der Waals surface area contributed by atoms with Crippen LogP contribution in [-0.2, 0) is 6.54 Å². The van der Waals surface area contributed by atoms with Crippen LogP contribution in [0.1, 0.15) is 51.5 Å². The van der Waals surface area contributed by atoms with Crippen LogP contribution in [0, 0.1) is 11.8 Å². The molecule has 1 aromatic rings. The standard InChI is InChI=1S/C19H30N2/c1-15-5-10-19(16(2)13-15)20-14-17-6-8-18(9-7-17)21-11-3-4-12-21/h6-9,15-16,19-20H,3-5,10-14H2,1-2H3. The largest absolute Gasteiger partial charge is 0.372 e. The third-order valence-electron chi connectivity index (χ3n) is 5.41. The SMILES string of the molecule is CC1CCC(NCc2ccc(N3CCCC3)cc2)C(C)C1. The predicted octanol–water partition coefficient (Wildman–Crippen LogP) is 4.20. The zero-order valence-electron chi connectivity index (χ0n) is 13.6. The fourth-order valence-electron chi connectivity index (χ4n) is 4.02. The molecule has 1 N–H and O–H groups in total. The topological polar surface area (TPSA) is 15.3 Å². The molecule has 0 radical (unpaired) electrons. The number of nitrogens with one attached hydrogen (secondary N) is 1. The van der Waals surface area contributed by atoms with Gasteiger partial charge in [-0.25, -0.2) is 0 Å². The molecule has 2 aliphatic rings. The van der Waals surface area contributed by atoms with Crippen LogP contribution >= 0.6 is 0 Å². The zero-order valence-corrected chi connectivity index (χ0v) is 13.6. The Hall–Kier alpha value is -1.02. The van der Waals surface area contributed by atoms with Crippen molar-refractivity contribution in [1.29, 1.82) is 0 Å². The molecular weight excluding hydrogens is 256 g/mol. The van der Waals surface area contributed by atoms with Gasteiger partial charge in [0.2, 0.25) is 0 Å². The molecule has 1 aromatic carbocycles. The molecule has 3 atom stereocenters. The fourth-order valence-corrected chi connectivity index (χ4v) is 4.02. The lowest BCUT2D eigenvalue weighted by molar-refractivity contribution is 0.227. The van der Waals surface area contributed by atoms with E-state index in [0.29, 0.717) is 6.04 Å². The maximum Gasteiger partial charge on any atom is 0.0366 e. The molecule has 1 saturated heterocycles. The molecule has 1 heterocycles. The maximum absolute atomic E-state index is 3.78. The average molecular weight is 286 g/mol. The van der Waals surface area contributed by atoms with Crippen LogP contribution in [0.25, 0.3) is 0 Å². The third kappa shape index (κ3) is 3.79. The molecule has 2 heteroatoms. The molecule has 0 spiro atoms. The van der Waals surface area contributed by atoms with E-state index < -0.39 is 0 Å². The van der Waals surface area contributed by atoms with Crippen LogP contribution in [-0.4, -0.2) is 19.1 Å². The summed E-state index contributed by atoms with van der Waals surface area (Å²) in [6, 6.07) is 9.91. The van der Waals surface area contributed by atoms with Crippen LogP contribution in [0.2, 0.25) is 0 Å². The van der Waals surface area contributed by atoms with Gasteiger partial charge < -0.3 is 10.2 Å². The summed E-state index contributed by atoms with van der Waals surface area (Å²) in [6.07, 6.45) is 6.80. The number of hydrogen-bond donors (Lipinski definition) is 1. The third-order valence-corrected chi connectivity index (χ3v) is 5.41. The van der Waals surface area contributed by atoms with E-state index in [1.165, 1.54) is 56.4 Å². The highest BCUT2D eigenvalue weighted by atomic mass is 15.1. The molecular formula is C19H30N2. The van der Waals surface area contributed by atoms with Crippen molar-refractivity contribution in [3.63, 3.8) is 0 Å². The smallest absolute Gasteiger partial charge is 0.0366 e. The van der Waals surface area contributed by atoms with E-state index >= 15 is 0 Å². The Morgan fingerprint density at radius 2 is 1.76 bits per heavy atom. The van der Waals surface area contributed by atoms with Crippen molar-refractivity contribution in [3.05, 3.63) is 29.8 Å². The first-order chi connectivity index (χ1) is 10.2. The van der Waals surface area contributed by atoms with Crippen LogP contribution < -0.4 is 10.2 Å². The lowest BCUT2D eigenvalue weighted by Gasteiger charge is -2.33. The van der Waals surface area contributed by atoms with E-state index in [1.54, 1.807) is 0 Å². The summed E-state index contributed by atoms with van der Waals surface area (Å²) in [5, 5.41) is 3.78. The number of hydrogen-bond acceptors (Lipinski definition) is 2. The van der Waals surface area contributed by atoms with E-state index in [9.17, 15) is 0 Å². The van der Waals surface area contributed by atoms with Crippen LogP contribution in [0.4, 0.5) is 5.69 Å². The van der Waals surface area contributed by atoms with Gasteiger partial charge >= 0.3 is 0 Å². The lowest BCUT2D eigenvalue weighted by Crippen LogP contribution is -2.38. The Bertz CT molecular complexity index is 433. The Balaban J connectivity index is 1.51. The Morgan fingerprint density at radius 1 is 1.05 bits per heavy atom. The summed E-state index contributed by atoms with van der Waals surface area (Å²) < 4.78 is 0. The van der Waals surface area contributed by atoms with Gasteiger partial charge in [-0.2, -0.15) is 0 Å². The minimum atomic E-state index is 0.708. The molecule has 2 fully saturated rings. The predicted molar refractivity (Wildman–Crippen MR) is 90.7 cm³/mol. The summed E-state index contributed by atoms with van der Waals surface area (Å²) in [7, 11) is 0. The van der Waals surface area contributed by atoms with Crippen LogP contribution in [0.5, 0.6) is 0 Å². The Labute approximate surface area is 129 Å². The Kier molecular flexibility index (Phi) is 4.84. The van der Waals surface area contributed by atoms with E-state index in [-0.39, 0.29) is 0 Å². The number of benzene rings is 1. The van der Waals surface area contributed by atoms with Gasteiger partial charge in [-0.15, -0.1) is 0 Å². The van der Waals surface area contributed by atoms with Gasteiger partial charge in [0, 0.05) is 31.4 Å². The quantitative estimate of drug-likeness (QED) is 0.892. The van der Waals surface area contributed by atoms with Gasteiger partial charge in [-0.1, -0.05) is 26.0 Å². The molecule has 0 amide bonds. The average Bonchev–Trinajstić information content (AvgIpc) is 3.01. The van der Waals surface area contributed by atoms with Crippen molar-refractivity contribution in [2.24, 2.45) is 11.8 Å². The number of rotatable bonds is 4. The normalized spacial score (nSPS) is 29.8. The first-order valence-corrected chi connectivity index (χ1v) is 8.79. The van der Waals surface area contributed by atoms with Crippen molar-refractivity contribution in [2.75, 3.05) is 18.0 Å². The first kappa shape index (κ1) is 14.9. The van der Waals surface area contributed by atoms with E-state index in [2.05, 4.69) is 48.3 Å². The summed E-state index contributed by atoms with van der Waals surface area (Å²) in [5.74, 6) is 1.73. The number of nitrogens with zero attached hydrogens (tertiary/aromatic N) is 1. The highest BCUT2D eigenvalue weighted by Gasteiger charge is 2.24. The summed E-state index contributed by atoms with van der Waals surface area (Å²) in [6.45, 7) is 8.28. The molecule has 1 aliphatic carbocycles. The van der Waals surface area contributed by atoms with Gasteiger partial charge in [-0.05, 0) is 61.6 Å². The van der Waals surface area contributed by atoms with E-state index in [0.717, 1.165) is 18.4 Å². The molecule has 1 saturated carbocycles.